The van der Waals surface area contributed by atoms with Crippen LogP contribution < -0.4 is 4.90 Å². The number of amides is 1. The number of nitrogens with zero attached hydrogens (tertiary/aromatic N) is 2. The van der Waals surface area contributed by atoms with Crippen LogP contribution in [0.5, 0.6) is 0 Å². The molecule has 1 saturated carbocycles. The third kappa shape index (κ3) is 3.67. The Balaban J connectivity index is 1.70. The van der Waals surface area contributed by atoms with Crippen molar-refractivity contribution >= 4 is 11.6 Å². The van der Waals surface area contributed by atoms with Crippen molar-refractivity contribution in [3.63, 3.8) is 0 Å². The molecule has 23 heavy (non-hydrogen) atoms. The molecule has 3 rings (SSSR count). The molecule has 1 N–H and O–H groups in total. The summed E-state index contributed by atoms with van der Waals surface area (Å²) in [5.74, 6) is -0.165. The van der Waals surface area contributed by atoms with Gasteiger partial charge >= 0.3 is 0 Å². The van der Waals surface area contributed by atoms with Crippen molar-refractivity contribution in [2.24, 2.45) is 5.92 Å². The summed E-state index contributed by atoms with van der Waals surface area (Å²) in [4.78, 5) is 16.7. The van der Waals surface area contributed by atoms with Gasteiger partial charge in [-0.1, -0.05) is 18.2 Å². The Morgan fingerprint density at radius 1 is 1.30 bits per heavy atom. The first-order chi connectivity index (χ1) is 11.2. The number of para-hydroxylation sites is 1. The predicted molar refractivity (Wildman–Crippen MR) is 89.3 cm³/mol. The molecule has 1 aliphatic heterocycles. The number of benzene rings is 1. The zero-order valence-corrected chi connectivity index (χ0v) is 13.8. The largest absolute Gasteiger partial charge is 0.392 e. The second-order valence-corrected chi connectivity index (χ2v) is 6.53. The van der Waals surface area contributed by atoms with Crippen molar-refractivity contribution in [1.29, 1.82) is 0 Å². The monoisotopic (exact) mass is 318 g/mol. The normalized spacial score (nSPS) is 24.7. The Kier molecular flexibility index (Phi) is 5.18. The van der Waals surface area contributed by atoms with Crippen molar-refractivity contribution in [2.45, 2.75) is 31.9 Å². The highest BCUT2D eigenvalue weighted by Gasteiger charge is 2.33. The number of hydrogen-bond donors (Lipinski definition) is 1. The van der Waals surface area contributed by atoms with E-state index in [-0.39, 0.29) is 11.8 Å². The lowest BCUT2D eigenvalue weighted by Gasteiger charge is -2.32. The van der Waals surface area contributed by atoms with E-state index in [1.165, 1.54) is 5.69 Å². The molecule has 0 bridgehead atoms. The number of aliphatic hydroxyl groups is 1. The van der Waals surface area contributed by atoms with Gasteiger partial charge in [-0.3, -0.25) is 4.79 Å². The zero-order chi connectivity index (χ0) is 16.2. The Hall–Kier alpha value is -1.59. The van der Waals surface area contributed by atoms with Gasteiger partial charge in [-0.25, -0.2) is 0 Å². The maximum Gasteiger partial charge on any atom is 0.228 e. The van der Waals surface area contributed by atoms with Gasteiger partial charge in [0.2, 0.25) is 5.91 Å². The van der Waals surface area contributed by atoms with Crippen LogP contribution in [0.4, 0.5) is 5.69 Å². The predicted octanol–water partition coefficient (Wildman–Crippen LogP) is 1.64. The van der Waals surface area contributed by atoms with Gasteiger partial charge in [-0.15, -0.1) is 0 Å². The van der Waals surface area contributed by atoms with E-state index in [9.17, 15) is 9.90 Å². The first-order valence-corrected chi connectivity index (χ1v) is 8.50. The molecular weight excluding hydrogens is 292 g/mol. The molecule has 1 aromatic rings. The minimum absolute atomic E-state index is 0.0618. The third-order valence-electron chi connectivity index (χ3n) is 4.92. The van der Waals surface area contributed by atoms with Crippen LogP contribution in [-0.4, -0.2) is 55.4 Å². The first-order valence-electron chi connectivity index (χ1n) is 8.50. The Labute approximate surface area is 137 Å². The molecule has 1 aliphatic carbocycles. The highest BCUT2D eigenvalue weighted by molar-refractivity contribution is 5.79. The molecule has 2 fully saturated rings. The molecule has 0 aromatic heterocycles. The lowest BCUT2D eigenvalue weighted by molar-refractivity contribution is -0.137. The van der Waals surface area contributed by atoms with Crippen LogP contribution in [0.3, 0.4) is 0 Å². The summed E-state index contributed by atoms with van der Waals surface area (Å²) >= 11 is 0. The zero-order valence-electron chi connectivity index (χ0n) is 13.8. The van der Waals surface area contributed by atoms with E-state index in [1.807, 2.05) is 19.2 Å². The Bertz CT molecular complexity index is 543. The van der Waals surface area contributed by atoms with E-state index >= 15 is 0 Å². The minimum Gasteiger partial charge on any atom is -0.392 e. The van der Waals surface area contributed by atoms with E-state index in [1.54, 1.807) is 4.90 Å². The lowest BCUT2D eigenvalue weighted by atomic mass is 10.0. The highest BCUT2D eigenvalue weighted by atomic mass is 16.5. The summed E-state index contributed by atoms with van der Waals surface area (Å²) in [5.41, 5.74) is 2.33. The maximum atomic E-state index is 12.6. The van der Waals surface area contributed by atoms with Crippen LogP contribution in [0, 0.1) is 5.92 Å². The molecule has 2 aliphatic rings. The average molecular weight is 318 g/mol. The van der Waals surface area contributed by atoms with E-state index in [2.05, 4.69) is 17.0 Å². The van der Waals surface area contributed by atoms with E-state index in [0.717, 1.165) is 51.1 Å². The molecule has 2 atom stereocenters. The van der Waals surface area contributed by atoms with Crippen molar-refractivity contribution in [1.82, 2.24) is 4.90 Å². The molecule has 0 radical (unpaired) electrons. The van der Waals surface area contributed by atoms with Crippen molar-refractivity contribution < 1.29 is 14.6 Å². The SMILES string of the molecule is CN(Cc1ccccc1N1CCOCC1)C(=O)C1CCCC1O. The van der Waals surface area contributed by atoms with E-state index in [4.69, 9.17) is 4.74 Å². The number of carbonyl (C=O) groups is 1. The lowest BCUT2D eigenvalue weighted by Crippen LogP contribution is -2.38. The number of ether oxygens (including phenoxy) is 1. The van der Waals surface area contributed by atoms with Crippen molar-refractivity contribution in [3.8, 4) is 0 Å². The minimum atomic E-state index is -0.473. The second kappa shape index (κ2) is 7.32. The van der Waals surface area contributed by atoms with Gasteiger partial charge < -0.3 is 19.6 Å². The van der Waals surface area contributed by atoms with Gasteiger partial charge in [0.1, 0.15) is 0 Å². The molecule has 1 amide bonds. The van der Waals surface area contributed by atoms with E-state index in [0.29, 0.717) is 6.54 Å². The fraction of sp³-hybridized carbons (Fsp3) is 0.611. The van der Waals surface area contributed by atoms with Crippen LogP contribution in [0.25, 0.3) is 0 Å². The molecule has 5 heteroatoms. The van der Waals surface area contributed by atoms with Crippen LogP contribution in [0.1, 0.15) is 24.8 Å². The third-order valence-corrected chi connectivity index (χ3v) is 4.92. The number of morpholine rings is 1. The fourth-order valence-electron chi connectivity index (χ4n) is 3.60. The number of anilines is 1. The molecule has 126 valence electrons. The quantitative estimate of drug-likeness (QED) is 0.917. The summed E-state index contributed by atoms with van der Waals surface area (Å²) in [6.07, 6.45) is 2.01. The average Bonchev–Trinajstić information content (AvgIpc) is 3.01. The highest BCUT2D eigenvalue weighted by Crippen LogP contribution is 2.28. The summed E-state index contributed by atoms with van der Waals surface area (Å²) < 4.78 is 5.43. The van der Waals surface area contributed by atoms with Crippen LogP contribution in [0.15, 0.2) is 24.3 Å². The molecule has 0 spiro atoms. The number of aliphatic hydroxyl groups excluding tert-OH is 1. The van der Waals surface area contributed by atoms with E-state index < -0.39 is 6.10 Å². The van der Waals surface area contributed by atoms with Gasteiger partial charge in [0.15, 0.2) is 0 Å². The number of hydrogen-bond acceptors (Lipinski definition) is 4. The maximum absolute atomic E-state index is 12.6. The van der Waals surface area contributed by atoms with Crippen LogP contribution in [-0.2, 0) is 16.1 Å². The fourth-order valence-corrected chi connectivity index (χ4v) is 3.60. The van der Waals surface area contributed by atoms with Gasteiger partial charge in [0.05, 0.1) is 25.2 Å². The molecular formula is C18H26N2O3. The Morgan fingerprint density at radius 3 is 2.74 bits per heavy atom. The van der Waals surface area contributed by atoms with Crippen LogP contribution >= 0.6 is 0 Å². The molecule has 1 aromatic carbocycles. The van der Waals surface area contributed by atoms with Crippen molar-refractivity contribution in [3.05, 3.63) is 29.8 Å². The molecule has 5 nitrogen and oxygen atoms in total. The summed E-state index contributed by atoms with van der Waals surface area (Å²) in [6, 6.07) is 8.25. The first kappa shape index (κ1) is 16.3. The van der Waals surface area contributed by atoms with Crippen molar-refractivity contribution in [2.75, 3.05) is 38.3 Å². The molecule has 1 saturated heterocycles. The Morgan fingerprint density at radius 2 is 2.04 bits per heavy atom. The number of carbonyl (C=O) groups excluding carboxylic acids is 1. The smallest absolute Gasteiger partial charge is 0.228 e. The van der Waals surface area contributed by atoms with Gasteiger partial charge in [-0.2, -0.15) is 0 Å². The molecule has 2 unspecified atom stereocenters. The summed E-state index contributed by atoms with van der Waals surface area (Å²) in [7, 11) is 1.84. The van der Waals surface area contributed by atoms with Gasteiger partial charge in [0.25, 0.3) is 0 Å². The summed E-state index contributed by atoms with van der Waals surface area (Å²) in [6.45, 7) is 3.84. The molecule has 1 heterocycles. The standard InChI is InChI=1S/C18H26N2O3/c1-19(18(22)15-6-4-8-17(15)21)13-14-5-2-3-7-16(14)20-9-11-23-12-10-20/h2-3,5,7,15,17,21H,4,6,8-13H2,1H3. The number of rotatable bonds is 4. The van der Waals surface area contributed by atoms with Crippen LogP contribution in [0.2, 0.25) is 0 Å². The van der Waals surface area contributed by atoms with Gasteiger partial charge in [0, 0.05) is 32.4 Å². The second-order valence-electron chi connectivity index (χ2n) is 6.53. The van der Waals surface area contributed by atoms with Gasteiger partial charge in [-0.05, 0) is 30.9 Å². The summed E-state index contributed by atoms with van der Waals surface area (Å²) in [5, 5.41) is 9.96. The topological polar surface area (TPSA) is 53.0 Å².